The number of rotatable bonds is 13. The number of aliphatic carboxylic acids is 1. The van der Waals surface area contributed by atoms with E-state index in [0.29, 0.717) is 41.0 Å². The highest BCUT2D eigenvalue weighted by atomic mass is 16.5. The molecular weight excluding hydrogens is 532 g/mol. The highest BCUT2D eigenvalue weighted by Crippen LogP contribution is 2.29. The Hall–Kier alpha value is -5.11. The van der Waals surface area contributed by atoms with Crippen molar-refractivity contribution in [2.24, 2.45) is 0 Å². The average Bonchev–Trinajstić information content (AvgIpc) is 3.03. The first kappa shape index (κ1) is 29.9. The van der Waals surface area contributed by atoms with Gasteiger partial charge in [0.15, 0.2) is 0 Å². The predicted molar refractivity (Wildman–Crippen MR) is 161 cm³/mol. The zero-order valence-corrected chi connectivity index (χ0v) is 23.7. The second kappa shape index (κ2) is 14.5. The van der Waals surface area contributed by atoms with Crippen LogP contribution in [0.5, 0.6) is 11.5 Å². The highest BCUT2D eigenvalue weighted by molar-refractivity contribution is 6.06. The number of carbonyl (C=O) groups excluding carboxylic acids is 2. The molecule has 0 radical (unpaired) electrons. The predicted octanol–water partition coefficient (Wildman–Crippen LogP) is 5.46. The van der Waals surface area contributed by atoms with E-state index < -0.39 is 5.97 Å². The number of para-hydroxylation sites is 1. The molecule has 0 saturated carbocycles. The molecule has 0 aliphatic rings. The zero-order chi connectivity index (χ0) is 29.9. The lowest BCUT2D eigenvalue weighted by molar-refractivity contribution is -0.137. The minimum Gasteiger partial charge on any atom is -0.497 e. The molecule has 2 amide bonds. The third-order valence-corrected chi connectivity index (χ3v) is 6.96. The lowest BCUT2D eigenvalue weighted by Crippen LogP contribution is -2.35. The summed E-state index contributed by atoms with van der Waals surface area (Å²) in [4.78, 5) is 40.3. The van der Waals surface area contributed by atoms with Gasteiger partial charge in [-0.15, -0.1) is 0 Å². The van der Waals surface area contributed by atoms with Gasteiger partial charge in [-0.25, -0.2) is 0 Å². The normalized spacial score (nSPS) is 10.5. The minimum absolute atomic E-state index is 0.0553. The van der Waals surface area contributed by atoms with Crippen molar-refractivity contribution in [3.05, 3.63) is 119 Å². The SMILES string of the molecule is COc1ccc(CCN(CCC(=O)O)C(=O)c2ccccc2-c2ccccc2C(=O)NCc2ccccc2OC)cc1. The Morgan fingerprint density at radius 1 is 0.738 bits per heavy atom. The molecule has 42 heavy (non-hydrogen) atoms. The lowest BCUT2D eigenvalue weighted by atomic mass is 9.94. The van der Waals surface area contributed by atoms with Gasteiger partial charge in [-0.05, 0) is 53.4 Å². The summed E-state index contributed by atoms with van der Waals surface area (Å²) in [6.07, 6.45) is 0.359. The van der Waals surface area contributed by atoms with E-state index in [1.165, 1.54) is 0 Å². The van der Waals surface area contributed by atoms with Gasteiger partial charge in [0.05, 0.1) is 20.6 Å². The van der Waals surface area contributed by atoms with Crippen LogP contribution in [-0.2, 0) is 17.8 Å². The van der Waals surface area contributed by atoms with Gasteiger partial charge in [-0.1, -0.05) is 66.7 Å². The maximum atomic E-state index is 13.9. The van der Waals surface area contributed by atoms with Gasteiger partial charge >= 0.3 is 5.97 Å². The number of carbonyl (C=O) groups is 3. The maximum absolute atomic E-state index is 13.9. The van der Waals surface area contributed by atoms with Crippen molar-refractivity contribution in [1.29, 1.82) is 0 Å². The molecule has 0 atom stereocenters. The fourth-order valence-electron chi connectivity index (χ4n) is 4.71. The number of hydrogen-bond donors (Lipinski definition) is 2. The summed E-state index contributed by atoms with van der Waals surface area (Å²) < 4.78 is 10.6. The van der Waals surface area contributed by atoms with Crippen LogP contribution in [0.3, 0.4) is 0 Å². The fraction of sp³-hybridized carbons (Fsp3) is 0.206. The zero-order valence-electron chi connectivity index (χ0n) is 23.7. The van der Waals surface area contributed by atoms with Crippen molar-refractivity contribution in [3.8, 4) is 22.6 Å². The van der Waals surface area contributed by atoms with Crippen LogP contribution >= 0.6 is 0 Å². The first-order chi connectivity index (χ1) is 20.4. The number of ether oxygens (including phenoxy) is 2. The van der Waals surface area contributed by atoms with Crippen LogP contribution in [0.1, 0.15) is 38.3 Å². The molecule has 4 aromatic rings. The molecule has 0 saturated heterocycles. The average molecular weight is 567 g/mol. The molecule has 4 aromatic carbocycles. The smallest absolute Gasteiger partial charge is 0.305 e. The Morgan fingerprint density at radius 2 is 1.36 bits per heavy atom. The van der Waals surface area contributed by atoms with Crippen LogP contribution < -0.4 is 14.8 Å². The molecule has 0 bridgehead atoms. The molecule has 8 nitrogen and oxygen atoms in total. The highest BCUT2D eigenvalue weighted by Gasteiger charge is 2.22. The third kappa shape index (κ3) is 7.54. The number of carboxylic acids is 1. The molecule has 216 valence electrons. The van der Waals surface area contributed by atoms with Gasteiger partial charge in [0.1, 0.15) is 11.5 Å². The molecule has 0 fully saturated rings. The number of benzene rings is 4. The summed E-state index contributed by atoms with van der Waals surface area (Å²) in [5, 5.41) is 12.3. The van der Waals surface area contributed by atoms with Crippen LogP contribution in [0.4, 0.5) is 0 Å². The van der Waals surface area contributed by atoms with Crippen LogP contribution in [0.2, 0.25) is 0 Å². The van der Waals surface area contributed by atoms with Gasteiger partial charge < -0.3 is 24.8 Å². The van der Waals surface area contributed by atoms with E-state index in [0.717, 1.165) is 16.9 Å². The Morgan fingerprint density at radius 3 is 2.02 bits per heavy atom. The third-order valence-electron chi connectivity index (χ3n) is 6.96. The first-order valence-corrected chi connectivity index (χ1v) is 13.6. The number of nitrogens with zero attached hydrogens (tertiary/aromatic N) is 1. The van der Waals surface area contributed by atoms with Crippen LogP contribution in [0.15, 0.2) is 97.1 Å². The summed E-state index contributed by atoms with van der Waals surface area (Å²) in [6.45, 7) is 0.652. The molecule has 8 heteroatoms. The first-order valence-electron chi connectivity index (χ1n) is 13.6. The Kier molecular flexibility index (Phi) is 10.3. The lowest BCUT2D eigenvalue weighted by Gasteiger charge is -2.24. The standard InChI is InChI=1S/C34H34N2O6/c1-41-26-17-15-24(16-18-26)19-21-36(22-20-32(37)38)34(40)30-13-7-5-11-28(30)27-10-4-6-12-29(27)33(39)35-23-25-9-3-8-14-31(25)42-2/h3-18H,19-23H2,1-2H3,(H,35,39)(H,37,38). The number of carboxylic acid groups (broad SMARTS) is 1. The van der Waals surface area contributed by atoms with Crippen LogP contribution in [0, 0.1) is 0 Å². The van der Waals surface area contributed by atoms with Crippen LogP contribution in [0.25, 0.3) is 11.1 Å². The number of hydrogen-bond acceptors (Lipinski definition) is 5. The molecule has 0 spiro atoms. The summed E-state index contributed by atoms with van der Waals surface area (Å²) in [6, 6.07) is 29.2. The Bertz CT molecular complexity index is 1530. The quantitative estimate of drug-likeness (QED) is 0.223. The van der Waals surface area contributed by atoms with E-state index >= 15 is 0 Å². The molecule has 4 rings (SSSR count). The van der Waals surface area contributed by atoms with E-state index in [1.54, 1.807) is 49.5 Å². The van der Waals surface area contributed by atoms with E-state index in [9.17, 15) is 19.5 Å². The Labute approximate surface area is 245 Å². The summed E-state index contributed by atoms with van der Waals surface area (Å²) in [5.41, 5.74) is 3.84. The number of nitrogens with one attached hydrogen (secondary N) is 1. The van der Waals surface area contributed by atoms with Crippen molar-refractivity contribution in [1.82, 2.24) is 10.2 Å². The van der Waals surface area contributed by atoms with Gasteiger partial charge in [0.2, 0.25) is 0 Å². The van der Waals surface area contributed by atoms with Crippen molar-refractivity contribution in [2.45, 2.75) is 19.4 Å². The van der Waals surface area contributed by atoms with E-state index in [-0.39, 0.29) is 31.3 Å². The maximum Gasteiger partial charge on any atom is 0.305 e. The van der Waals surface area contributed by atoms with E-state index in [2.05, 4.69) is 5.32 Å². The van der Waals surface area contributed by atoms with E-state index in [1.807, 2.05) is 66.7 Å². The van der Waals surface area contributed by atoms with Crippen molar-refractivity contribution in [3.63, 3.8) is 0 Å². The fourth-order valence-corrected chi connectivity index (χ4v) is 4.71. The van der Waals surface area contributed by atoms with Crippen molar-refractivity contribution >= 4 is 17.8 Å². The van der Waals surface area contributed by atoms with E-state index in [4.69, 9.17) is 9.47 Å². The second-order valence-electron chi connectivity index (χ2n) is 9.62. The Balaban J connectivity index is 1.59. The number of amides is 2. The summed E-state index contributed by atoms with van der Waals surface area (Å²) >= 11 is 0. The molecular formula is C34H34N2O6. The van der Waals surface area contributed by atoms with Crippen molar-refractivity contribution in [2.75, 3.05) is 27.3 Å². The minimum atomic E-state index is -0.984. The summed E-state index contributed by atoms with van der Waals surface area (Å²) in [5.74, 6) is -0.164. The van der Waals surface area contributed by atoms with Gasteiger partial charge in [0.25, 0.3) is 11.8 Å². The van der Waals surface area contributed by atoms with Gasteiger partial charge in [0, 0.05) is 36.3 Å². The molecule has 0 aromatic heterocycles. The molecule has 0 heterocycles. The molecule has 0 aliphatic heterocycles. The second-order valence-corrected chi connectivity index (χ2v) is 9.62. The topological polar surface area (TPSA) is 105 Å². The van der Waals surface area contributed by atoms with Gasteiger partial charge in [-0.2, -0.15) is 0 Å². The van der Waals surface area contributed by atoms with Crippen LogP contribution in [-0.4, -0.2) is 55.1 Å². The van der Waals surface area contributed by atoms with Gasteiger partial charge in [-0.3, -0.25) is 14.4 Å². The monoisotopic (exact) mass is 566 g/mol. The van der Waals surface area contributed by atoms with Crippen molar-refractivity contribution < 1.29 is 29.0 Å². The molecule has 0 aliphatic carbocycles. The largest absolute Gasteiger partial charge is 0.497 e. The number of methoxy groups -OCH3 is 2. The molecule has 0 unspecified atom stereocenters. The molecule has 2 N–H and O–H groups in total. The summed E-state index contributed by atoms with van der Waals surface area (Å²) in [7, 11) is 3.18.